The Balaban J connectivity index is 5.10. The molecule has 82 valence electrons. The van der Waals surface area contributed by atoms with Gasteiger partial charge in [-0.25, -0.2) is 0 Å². The lowest BCUT2D eigenvalue weighted by molar-refractivity contribution is -0.115. The predicted octanol–water partition coefficient (Wildman–Crippen LogP) is 1.78. The molecule has 0 atom stereocenters. The summed E-state index contributed by atoms with van der Waals surface area (Å²) < 4.78 is 4.97. The van der Waals surface area contributed by atoms with E-state index in [-0.39, 0.29) is 15.5 Å². The summed E-state index contributed by atoms with van der Waals surface area (Å²) in [6.07, 6.45) is 0.334. The first kappa shape index (κ1) is 14.4. The topological polar surface area (TPSA) is 38.7 Å². The molecular formula is C12H13NO2Si. The van der Waals surface area contributed by atoms with Crippen molar-refractivity contribution in [2.45, 2.75) is 20.3 Å². The zero-order valence-corrected chi connectivity index (χ0v) is 10.7. The highest BCUT2D eigenvalue weighted by Crippen LogP contribution is 1.97. The third-order valence-electron chi connectivity index (χ3n) is 1.34. The molecule has 3 nitrogen and oxygen atoms in total. The van der Waals surface area contributed by atoms with Gasteiger partial charge in [0.15, 0.2) is 0 Å². The first-order valence-corrected chi connectivity index (χ1v) is 5.48. The van der Waals surface area contributed by atoms with Crippen LogP contribution in [0.5, 0.6) is 0 Å². The summed E-state index contributed by atoms with van der Waals surface area (Å²) in [7, 11) is 1.64. The third-order valence-corrected chi connectivity index (χ3v) is 1.97. The molecule has 0 aromatic rings. The highest BCUT2D eigenvalue weighted by molar-refractivity contribution is 6.38. The summed E-state index contributed by atoms with van der Waals surface area (Å²) in [5, 5.41) is 0.587. The Hall–Kier alpha value is -1.62. The fraction of sp³-hybridized carbons (Fsp3) is 0.333. The van der Waals surface area contributed by atoms with E-state index < -0.39 is 0 Å². The van der Waals surface area contributed by atoms with Gasteiger partial charge in [-0.15, -0.1) is 0 Å². The molecule has 0 aromatic carbocycles. The van der Waals surface area contributed by atoms with Gasteiger partial charge in [0.05, 0.1) is 0 Å². The van der Waals surface area contributed by atoms with Crippen LogP contribution in [0.25, 0.3) is 0 Å². The van der Waals surface area contributed by atoms with E-state index in [1.54, 1.807) is 14.0 Å². The molecule has 16 heavy (non-hydrogen) atoms. The van der Waals surface area contributed by atoms with E-state index in [4.69, 9.17) is 4.43 Å². The van der Waals surface area contributed by atoms with Gasteiger partial charge in [0.2, 0.25) is 0 Å². The zero-order chi connectivity index (χ0) is 12.4. The molecule has 0 bridgehead atoms. The minimum absolute atomic E-state index is 0.0627. The normalized spacial score (nSPS) is 9.56. The quantitative estimate of drug-likeness (QED) is 0.411. The van der Waals surface area contributed by atoms with Gasteiger partial charge in [0.25, 0.3) is 0 Å². The molecular weight excluding hydrogens is 218 g/mol. The molecule has 0 aliphatic heterocycles. The lowest BCUT2D eigenvalue weighted by atomic mass is 10.2. The van der Waals surface area contributed by atoms with Crippen LogP contribution in [0.3, 0.4) is 0 Å². The Morgan fingerprint density at radius 1 is 1.44 bits per heavy atom. The summed E-state index contributed by atoms with van der Waals surface area (Å²) in [4.78, 5) is 15.1. The van der Waals surface area contributed by atoms with Crippen molar-refractivity contribution >= 4 is 21.3 Å². The Kier molecular flexibility index (Phi) is 7.79. The van der Waals surface area contributed by atoms with Crippen LogP contribution in [0.15, 0.2) is 39.8 Å². The second kappa shape index (κ2) is 8.67. The SMILES string of the molecule is C=C=C=C=C=C(N=C(C)CC(C)=O)[Si]OC. The Labute approximate surface area is 98.2 Å². The van der Waals surface area contributed by atoms with Gasteiger partial charge in [0.1, 0.15) is 11.1 Å². The highest BCUT2D eigenvalue weighted by atomic mass is 28.2. The number of nitrogens with zero attached hydrogens (tertiary/aromatic N) is 1. The highest BCUT2D eigenvalue weighted by Gasteiger charge is 2.00. The van der Waals surface area contributed by atoms with Crippen molar-refractivity contribution in [3.05, 3.63) is 34.8 Å². The van der Waals surface area contributed by atoms with Crippen LogP contribution in [-0.2, 0) is 9.22 Å². The smallest absolute Gasteiger partial charge is 0.302 e. The maximum Gasteiger partial charge on any atom is 0.302 e. The van der Waals surface area contributed by atoms with Crippen LogP contribution in [0, 0.1) is 0 Å². The van der Waals surface area contributed by atoms with Gasteiger partial charge in [-0.3, -0.25) is 9.79 Å². The number of carbonyl (C=O) groups excluding carboxylic acids is 1. The van der Waals surface area contributed by atoms with Crippen molar-refractivity contribution in [3.8, 4) is 0 Å². The molecule has 0 fully saturated rings. The number of hydrogen-bond donors (Lipinski definition) is 0. The van der Waals surface area contributed by atoms with Crippen LogP contribution >= 0.6 is 0 Å². The zero-order valence-electron chi connectivity index (χ0n) is 9.68. The molecule has 0 rings (SSSR count). The maximum absolute atomic E-state index is 10.9. The predicted molar refractivity (Wildman–Crippen MR) is 64.4 cm³/mol. The van der Waals surface area contributed by atoms with Gasteiger partial charge in [-0.2, -0.15) is 0 Å². The number of rotatable bonds is 5. The second-order valence-electron chi connectivity index (χ2n) is 2.93. The van der Waals surface area contributed by atoms with Gasteiger partial charge >= 0.3 is 9.76 Å². The fourth-order valence-electron chi connectivity index (χ4n) is 0.898. The van der Waals surface area contributed by atoms with Gasteiger partial charge < -0.3 is 4.43 Å². The number of ketones is 1. The molecule has 0 spiro atoms. The summed E-state index contributed by atoms with van der Waals surface area (Å²) in [5.74, 6) is 0.0758. The van der Waals surface area contributed by atoms with Crippen LogP contribution < -0.4 is 0 Å². The van der Waals surface area contributed by atoms with E-state index in [0.29, 0.717) is 11.7 Å². The molecule has 0 aliphatic carbocycles. The third kappa shape index (κ3) is 7.75. The molecule has 4 heteroatoms. The van der Waals surface area contributed by atoms with Gasteiger partial charge in [-0.05, 0) is 37.6 Å². The molecule has 0 heterocycles. The van der Waals surface area contributed by atoms with Crippen LogP contribution in [-0.4, -0.2) is 28.4 Å². The molecule has 0 aliphatic rings. The largest absolute Gasteiger partial charge is 0.413 e. The first-order chi connectivity index (χ1) is 7.60. The molecule has 0 saturated carbocycles. The fourth-order valence-corrected chi connectivity index (χ4v) is 1.44. The van der Waals surface area contributed by atoms with E-state index in [9.17, 15) is 4.79 Å². The van der Waals surface area contributed by atoms with Crippen LogP contribution in [0.4, 0.5) is 0 Å². The average Bonchev–Trinajstić information content (AvgIpc) is 2.16. The number of carbonyl (C=O) groups is 1. The minimum atomic E-state index is 0.0627. The van der Waals surface area contributed by atoms with E-state index in [1.165, 1.54) is 6.92 Å². The Bertz CT molecular complexity index is 440. The van der Waals surface area contributed by atoms with E-state index in [2.05, 4.69) is 34.5 Å². The van der Waals surface area contributed by atoms with Crippen molar-refractivity contribution in [1.29, 1.82) is 0 Å². The van der Waals surface area contributed by atoms with Crippen LogP contribution in [0.1, 0.15) is 20.3 Å². The molecule has 0 aromatic heterocycles. The van der Waals surface area contributed by atoms with Crippen molar-refractivity contribution < 1.29 is 9.22 Å². The number of Topliss-reactive ketones (excluding diaryl/α,β-unsaturated/α-hetero) is 1. The Morgan fingerprint density at radius 3 is 2.62 bits per heavy atom. The summed E-state index contributed by atoms with van der Waals surface area (Å²) >= 11 is 0. The van der Waals surface area contributed by atoms with Crippen molar-refractivity contribution in [2.24, 2.45) is 4.99 Å². The van der Waals surface area contributed by atoms with Crippen LogP contribution in [0.2, 0.25) is 0 Å². The molecule has 0 saturated heterocycles. The van der Waals surface area contributed by atoms with Gasteiger partial charge in [-0.1, -0.05) is 5.73 Å². The molecule has 0 N–H and O–H groups in total. The lowest BCUT2D eigenvalue weighted by Crippen LogP contribution is -2.03. The van der Waals surface area contributed by atoms with E-state index in [0.717, 1.165) is 5.71 Å². The average molecular weight is 231 g/mol. The lowest BCUT2D eigenvalue weighted by Gasteiger charge is -1.97. The van der Waals surface area contributed by atoms with E-state index >= 15 is 0 Å². The summed E-state index contributed by atoms with van der Waals surface area (Å²) in [6.45, 7) is 6.66. The van der Waals surface area contributed by atoms with Crippen molar-refractivity contribution in [2.75, 3.05) is 7.11 Å². The molecule has 2 radical (unpaired) electrons. The maximum atomic E-state index is 10.9. The Morgan fingerprint density at radius 2 is 2.12 bits per heavy atom. The van der Waals surface area contributed by atoms with Crippen molar-refractivity contribution in [1.82, 2.24) is 0 Å². The standard InChI is InChI=1S/C12H13NO2Si/c1-5-6-7-8-12(16-15-4)13-10(2)9-11(3)14/h1,9H2,2-4H3. The van der Waals surface area contributed by atoms with Crippen molar-refractivity contribution in [3.63, 3.8) is 0 Å². The van der Waals surface area contributed by atoms with E-state index in [1.807, 2.05) is 0 Å². The molecule has 0 unspecified atom stereocenters. The number of hydrogen-bond acceptors (Lipinski definition) is 3. The molecule has 0 amide bonds. The second-order valence-corrected chi connectivity index (χ2v) is 4.02. The first-order valence-electron chi connectivity index (χ1n) is 4.57. The summed E-state index contributed by atoms with van der Waals surface area (Å²) in [6, 6.07) is 0. The number of aliphatic imine (C=N–C) groups is 1. The van der Waals surface area contributed by atoms with Gasteiger partial charge in [0, 0.05) is 19.2 Å². The summed E-state index contributed by atoms with van der Waals surface area (Å²) in [5.41, 5.74) is 11.0. The monoisotopic (exact) mass is 231 g/mol. The minimum Gasteiger partial charge on any atom is -0.413 e.